The van der Waals surface area contributed by atoms with E-state index in [0.717, 1.165) is 22.9 Å². The predicted octanol–water partition coefficient (Wildman–Crippen LogP) is 3.18. The number of nitrogens with one attached hydrogen (secondary N) is 1. The summed E-state index contributed by atoms with van der Waals surface area (Å²) in [7, 11) is 0. The number of halogens is 2. The van der Waals surface area contributed by atoms with Crippen LogP contribution in [0.2, 0.25) is 0 Å². The van der Waals surface area contributed by atoms with E-state index in [1.807, 2.05) is 38.1 Å². The van der Waals surface area contributed by atoms with Crippen molar-refractivity contribution in [2.24, 2.45) is 5.73 Å². The van der Waals surface area contributed by atoms with Gasteiger partial charge in [0.25, 0.3) is 0 Å². The highest BCUT2D eigenvalue weighted by molar-refractivity contribution is 9.10. The summed E-state index contributed by atoms with van der Waals surface area (Å²) in [5, 5.41) is 2.92. The topological polar surface area (TPSA) is 55.1 Å². The third-order valence-corrected chi connectivity index (χ3v) is 3.19. The summed E-state index contributed by atoms with van der Waals surface area (Å²) < 4.78 is 1.03. The highest BCUT2D eigenvalue weighted by atomic mass is 79.9. The fraction of sp³-hybridized carbons (Fsp3) is 0.462. The highest BCUT2D eigenvalue weighted by Gasteiger charge is 2.15. The molecular weight excluding hydrogens is 316 g/mol. The smallest absolute Gasteiger partial charge is 0.237 e. The maximum atomic E-state index is 11.7. The average Bonchev–Trinajstić information content (AvgIpc) is 2.30. The Morgan fingerprint density at radius 1 is 1.39 bits per heavy atom. The van der Waals surface area contributed by atoms with E-state index in [1.54, 1.807) is 0 Å². The zero-order valence-corrected chi connectivity index (χ0v) is 13.1. The fourth-order valence-electron chi connectivity index (χ4n) is 1.60. The van der Waals surface area contributed by atoms with E-state index in [1.165, 1.54) is 0 Å². The molecule has 0 fully saturated rings. The van der Waals surface area contributed by atoms with Gasteiger partial charge in [0.15, 0.2) is 0 Å². The van der Waals surface area contributed by atoms with Crippen molar-refractivity contribution < 1.29 is 4.79 Å². The van der Waals surface area contributed by atoms with Gasteiger partial charge in [-0.3, -0.25) is 4.79 Å². The molecule has 1 amide bonds. The summed E-state index contributed by atoms with van der Waals surface area (Å²) in [6.07, 6.45) is 1.64. The SMILES string of the molecule is CCCC(N)C(=O)NC(C)c1ccc(Br)cc1.Cl. The molecule has 0 aromatic heterocycles. The van der Waals surface area contributed by atoms with Crippen molar-refractivity contribution in [3.05, 3.63) is 34.3 Å². The lowest BCUT2D eigenvalue weighted by Gasteiger charge is -2.17. The number of carbonyl (C=O) groups excluding carboxylic acids is 1. The first-order valence-electron chi connectivity index (χ1n) is 5.86. The molecule has 0 radical (unpaired) electrons. The van der Waals surface area contributed by atoms with Gasteiger partial charge in [-0.2, -0.15) is 0 Å². The van der Waals surface area contributed by atoms with Gasteiger partial charge in [0.05, 0.1) is 12.1 Å². The Bertz CT molecular complexity index is 370. The molecule has 1 aromatic carbocycles. The van der Waals surface area contributed by atoms with E-state index in [2.05, 4.69) is 21.2 Å². The first-order chi connectivity index (χ1) is 8.04. The monoisotopic (exact) mass is 334 g/mol. The van der Waals surface area contributed by atoms with Gasteiger partial charge >= 0.3 is 0 Å². The second kappa shape index (κ2) is 8.51. The first-order valence-corrected chi connectivity index (χ1v) is 6.65. The van der Waals surface area contributed by atoms with Crippen molar-refractivity contribution in [3.63, 3.8) is 0 Å². The number of amides is 1. The van der Waals surface area contributed by atoms with Gasteiger partial charge in [0.1, 0.15) is 0 Å². The minimum Gasteiger partial charge on any atom is -0.348 e. The molecule has 3 N–H and O–H groups in total. The third kappa shape index (κ3) is 5.38. The summed E-state index contributed by atoms with van der Waals surface area (Å²) in [6.45, 7) is 3.98. The average molecular weight is 336 g/mol. The molecule has 0 saturated carbocycles. The van der Waals surface area contributed by atoms with Crippen LogP contribution in [-0.4, -0.2) is 11.9 Å². The summed E-state index contributed by atoms with van der Waals surface area (Å²) >= 11 is 3.38. The second-order valence-corrected chi connectivity index (χ2v) is 5.09. The van der Waals surface area contributed by atoms with Crippen LogP contribution >= 0.6 is 28.3 Å². The van der Waals surface area contributed by atoms with E-state index >= 15 is 0 Å². The molecule has 3 nitrogen and oxygen atoms in total. The van der Waals surface area contributed by atoms with Crippen LogP contribution in [0.25, 0.3) is 0 Å². The van der Waals surface area contributed by atoms with Crippen molar-refractivity contribution in [1.82, 2.24) is 5.32 Å². The zero-order valence-electron chi connectivity index (χ0n) is 10.7. The van der Waals surface area contributed by atoms with Crippen LogP contribution < -0.4 is 11.1 Å². The summed E-state index contributed by atoms with van der Waals surface area (Å²) in [4.78, 5) is 11.7. The van der Waals surface area contributed by atoms with E-state index < -0.39 is 6.04 Å². The Morgan fingerprint density at radius 2 is 1.94 bits per heavy atom. The maximum Gasteiger partial charge on any atom is 0.237 e. The van der Waals surface area contributed by atoms with Gasteiger partial charge < -0.3 is 11.1 Å². The number of benzene rings is 1. The third-order valence-electron chi connectivity index (χ3n) is 2.67. The lowest BCUT2D eigenvalue weighted by atomic mass is 10.1. The summed E-state index contributed by atoms with van der Waals surface area (Å²) in [5.74, 6) is -0.0812. The molecule has 0 bridgehead atoms. The molecule has 2 unspecified atom stereocenters. The molecule has 2 atom stereocenters. The second-order valence-electron chi connectivity index (χ2n) is 4.18. The number of hydrogen-bond acceptors (Lipinski definition) is 2. The Kier molecular flexibility index (Phi) is 8.24. The quantitative estimate of drug-likeness (QED) is 0.868. The van der Waals surface area contributed by atoms with E-state index in [4.69, 9.17) is 5.73 Å². The van der Waals surface area contributed by atoms with Crippen molar-refractivity contribution in [1.29, 1.82) is 0 Å². The zero-order chi connectivity index (χ0) is 12.8. The largest absolute Gasteiger partial charge is 0.348 e. The Hall–Kier alpha value is -0.580. The lowest BCUT2D eigenvalue weighted by molar-refractivity contribution is -0.123. The van der Waals surface area contributed by atoms with Crippen LogP contribution in [0, 0.1) is 0 Å². The van der Waals surface area contributed by atoms with Crippen molar-refractivity contribution in [2.45, 2.75) is 38.8 Å². The molecule has 0 spiro atoms. The van der Waals surface area contributed by atoms with Crippen LogP contribution in [0.1, 0.15) is 38.3 Å². The maximum absolute atomic E-state index is 11.7. The normalized spacial score (nSPS) is 13.3. The molecule has 0 aliphatic carbocycles. The molecule has 0 saturated heterocycles. The van der Waals surface area contributed by atoms with Gasteiger partial charge in [-0.1, -0.05) is 41.4 Å². The minimum atomic E-state index is -0.405. The lowest BCUT2D eigenvalue weighted by Crippen LogP contribution is -2.41. The van der Waals surface area contributed by atoms with Crippen molar-refractivity contribution >= 4 is 34.2 Å². The Balaban J connectivity index is 0.00000289. The summed E-state index contributed by atoms with van der Waals surface area (Å²) in [6, 6.07) is 7.48. The van der Waals surface area contributed by atoms with Crippen LogP contribution in [-0.2, 0) is 4.79 Å². The van der Waals surface area contributed by atoms with Gasteiger partial charge in [-0.15, -0.1) is 12.4 Å². The van der Waals surface area contributed by atoms with Crippen LogP contribution in [0.5, 0.6) is 0 Å². The Morgan fingerprint density at radius 3 is 2.44 bits per heavy atom. The molecule has 0 aliphatic rings. The number of nitrogens with two attached hydrogens (primary N) is 1. The predicted molar refractivity (Wildman–Crippen MR) is 80.8 cm³/mol. The molecule has 0 aliphatic heterocycles. The number of carbonyl (C=O) groups is 1. The standard InChI is InChI=1S/C13H19BrN2O.ClH/c1-3-4-12(15)13(17)16-9(2)10-5-7-11(14)8-6-10;/h5-9,12H,3-4,15H2,1-2H3,(H,16,17);1H. The number of rotatable bonds is 5. The van der Waals surface area contributed by atoms with Crippen LogP contribution in [0.4, 0.5) is 0 Å². The Labute approximate surface area is 123 Å². The van der Waals surface area contributed by atoms with Gasteiger partial charge in [-0.25, -0.2) is 0 Å². The summed E-state index contributed by atoms with van der Waals surface area (Å²) in [5.41, 5.74) is 6.83. The first kappa shape index (κ1) is 17.4. The molecular formula is C13H20BrClN2O. The minimum absolute atomic E-state index is 0. The van der Waals surface area contributed by atoms with Crippen molar-refractivity contribution in [3.8, 4) is 0 Å². The van der Waals surface area contributed by atoms with Crippen molar-refractivity contribution in [2.75, 3.05) is 0 Å². The van der Waals surface area contributed by atoms with Gasteiger partial charge in [0, 0.05) is 4.47 Å². The molecule has 18 heavy (non-hydrogen) atoms. The van der Waals surface area contributed by atoms with Crippen LogP contribution in [0.3, 0.4) is 0 Å². The molecule has 1 rings (SSSR count). The van der Waals surface area contributed by atoms with E-state index in [9.17, 15) is 4.79 Å². The van der Waals surface area contributed by atoms with E-state index in [0.29, 0.717) is 0 Å². The fourth-order valence-corrected chi connectivity index (χ4v) is 1.86. The molecule has 1 aromatic rings. The van der Waals surface area contributed by atoms with Gasteiger partial charge in [0.2, 0.25) is 5.91 Å². The number of hydrogen-bond donors (Lipinski definition) is 2. The molecule has 5 heteroatoms. The molecule has 0 heterocycles. The highest BCUT2D eigenvalue weighted by Crippen LogP contribution is 2.16. The van der Waals surface area contributed by atoms with E-state index in [-0.39, 0.29) is 24.4 Å². The van der Waals surface area contributed by atoms with Gasteiger partial charge in [-0.05, 0) is 31.0 Å². The van der Waals surface area contributed by atoms with Crippen LogP contribution in [0.15, 0.2) is 28.7 Å². The molecule has 102 valence electrons.